The molecule has 3 heterocycles. The zero-order valence-electron chi connectivity index (χ0n) is 14.8. The first-order chi connectivity index (χ1) is 12.7. The maximum Gasteiger partial charge on any atom is 0.251 e. The lowest BCUT2D eigenvalue weighted by molar-refractivity contribution is 0.0148. The number of hydrogen-bond donors (Lipinski definition) is 1. The molecule has 1 atom stereocenters. The van der Waals surface area contributed by atoms with E-state index in [0.29, 0.717) is 23.6 Å². The lowest BCUT2D eigenvalue weighted by atomic mass is 10.1. The van der Waals surface area contributed by atoms with Crippen LogP contribution in [0.1, 0.15) is 22.1 Å². The molecule has 0 spiro atoms. The van der Waals surface area contributed by atoms with Crippen molar-refractivity contribution >= 4 is 5.91 Å². The van der Waals surface area contributed by atoms with Crippen molar-refractivity contribution in [1.29, 1.82) is 0 Å². The Bertz CT molecular complexity index is 783. The molecule has 1 N–H and O–H groups in total. The van der Waals surface area contributed by atoms with Crippen molar-refractivity contribution in [2.45, 2.75) is 6.04 Å². The fourth-order valence-corrected chi connectivity index (χ4v) is 3.46. The molecule has 0 unspecified atom stereocenters. The summed E-state index contributed by atoms with van der Waals surface area (Å²) in [4.78, 5) is 15.0. The highest BCUT2D eigenvalue weighted by molar-refractivity contribution is 5.94. The third kappa shape index (κ3) is 3.40. The van der Waals surface area contributed by atoms with Crippen molar-refractivity contribution in [3.8, 4) is 11.5 Å². The van der Waals surface area contributed by atoms with Crippen LogP contribution in [0.15, 0.2) is 36.5 Å². The number of carbonyl (C=O) groups excluding carboxylic acids is 1. The smallest absolute Gasteiger partial charge is 0.251 e. The number of ether oxygens (including phenoxy) is 3. The normalized spacial score (nSPS) is 17.9. The Hall–Kier alpha value is -2.51. The molecule has 7 heteroatoms. The number of rotatable bonds is 5. The molecule has 7 nitrogen and oxygen atoms in total. The third-order valence-electron chi connectivity index (χ3n) is 4.90. The Morgan fingerprint density at radius 1 is 1.19 bits per heavy atom. The number of hydrogen-bond acceptors (Lipinski definition) is 5. The number of morpholine rings is 1. The van der Waals surface area contributed by atoms with E-state index < -0.39 is 0 Å². The van der Waals surface area contributed by atoms with Gasteiger partial charge in [0.2, 0.25) is 6.79 Å². The van der Waals surface area contributed by atoms with Crippen LogP contribution in [0.3, 0.4) is 0 Å². The zero-order valence-corrected chi connectivity index (χ0v) is 14.8. The van der Waals surface area contributed by atoms with Crippen molar-refractivity contribution in [2.75, 3.05) is 39.6 Å². The van der Waals surface area contributed by atoms with E-state index in [1.54, 1.807) is 18.2 Å². The molecule has 1 aromatic heterocycles. The number of carbonyl (C=O) groups is 1. The second kappa shape index (κ2) is 7.39. The van der Waals surface area contributed by atoms with Crippen LogP contribution in [0.2, 0.25) is 0 Å². The van der Waals surface area contributed by atoms with Crippen LogP contribution in [-0.2, 0) is 11.8 Å². The van der Waals surface area contributed by atoms with E-state index in [1.807, 2.05) is 19.3 Å². The van der Waals surface area contributed by atoms with E-state index >= 15 is 0 Å². The standard InChI is InChI=1S/C19H23N3O4/c1-21-6-2-3-15(21)16(22-7-9-24-10-8-22)12-20-19(23)14-4-5-17-18(11-14)26-13-25-17/h2-6,11,16H,7-10,12-13H2,1H3,(H,20,23)/t16-/m1/s1. The number of aryl methyl sites for hydroxylation is 1. The predicted octanol–water partition coefficient (Wildman–Crippen LogP) is 1.56. The summed E-state index contributed by atoms with van der Waals surface area (Å²) in [6, 6.07) is 9.50. The van der Waals surface area contributed by atoms with E-state index in [0.717, 1.165) is 26.3 Å². The van der Waals surface area contributed by atoms with E-state index in [2.05, 4.69) is 20.9 Å². The topological polar surface area (TPSA) is 65.0 Å². The number of benzene rings is 1. The first-order valence-corrected chi connectivity index (χ1v) is 8.83. The van der Waals surface area contributed by atoms with Gasteiger partial charge >= 0.3 is 0 Å². The van der Waals surface area contributed by atoms with Crippen LogP contribution in [0.25, 0.3) is 0 Å². The highest BCUT2D eigenvalue weighted by Gasteiger charge is 2.25. The minimum Gasteiger partial charge on any atom is -0.454 e. The van der Waals surface area contributed by atoms with Gasteiger partial charge in [-0.15, -0.1) is 0 Å². The Morgan fingerprint density at radius 2 is 2.00 bits per heavy atom. The van der Waals surface area contributed by atoms with Crippen LogP contribution in [0.5, 0.6) is 11.5 Å². The van der Waals surface area contributed by atoms with Crippen LogP contribution >= 0.6 is 0 Å². The van der Waals surface area contributed by atoms with Gasteiger partial charge in [0, 0.05) is 44.1 Å². The van der Waals surface area contributed by atoms with Gasteiger partial charge in [0.15, 0.2) is 11.5 Å². The second-order valence-electron chi connectivity index (χ2n) is 6.49. The van der Waals surface area contributed by atoms with Gasteiger partial charge in [0.25, 0.3) is 5.91 Å². The Morgan fingerprint density at radius 3 is 2.77 bits per heavy atom. The van der Waals surface area contributed by atoms with Crippen LogP contribution in [-0.4, -0.2) is 55.0 Å². The second-order valence-corrected chi connectivity index (χ2v) is 6.49. The highest BCUT2D eigenvalue weighted by Crippen LogP contribution is 2.32. The highest BCUT2D eigenvalue weighted by atomic mass is 16.7. The van der Waals surface area contributed by atoms with Crippen molar-refractivity contribution in [2.24, 2.45) is 7.05 Å². The molecule has 2 aliphatic rings. The quantitative estimate of drug-likeness (QED) is 0.880. The van der Waals surface area contributed by atoms with Gasteiger partial charge in [-0.2, -0.15) is 0 Å². The SMILES string of the molecule is Cn1cccc1[C@@H](CNC(=O)c1ccc2c(c1)OCO2)N1CCOCC1. The predicted molar refractivity (Wildman–Crippen MR) is 95.4 cm³/mol. The minimum absolute atomic E-state index is 0.108. The van der Waals surface area contributed by atoms with Crippen LogP contribution in [0.4, 0.5) is 0 Å². The maximum absolute atomic E-state index is 12.6. The molecule has 0 saturated carbocycles. The summed E-state index contributed by atoms with van der Waals surface area (Å²) >= 11 is 0. The number of fused-ring (bicyclic) bond motifs is 1. The molecule has 2 aromatic rings. The summed E-state index contributed by atoms with van der Waals surface area (Å²) in [5, 5.41) is 3.07. The van der Waals surface area contributed by atoms with Gasteiger partial charge < -0.3 is 24.1 Å². The molecular formula is C19H23N3O4. The molecule has 4 rings (SSSR count). The summed E-state index contributed by atoms with van der Waals surface area (Å²) in [6.07, 6.45) is 2.03. The van der Waals surface area contributed by atoms with Crippen LogP contribution < -0.4 is 14.8 Å². The molecule has 1 aromatic carbocycles. The number of amides is 1. The van der Waals surface area contributed by atoms with Crippen molar-refractivity contribution in [3.05, 3.63) is 47.8 Å². The summed E-state index contributed by atoms with van der Waals surface area (Å²) < 4.78 is 18.2. The fraction of sp³-hybridized carbons (Fsp3) is 0.421. The van der Waals surface area contributed by atoms with Crippen molar-refractivity contribution in [3.63, 3.8) is 0 Å². The number of nitrogens with one attached hydrogen (secondary N) is 1. The van der Waals surface area contributed by atoms with E-state index in [9.17, 15) is 4.79 Å². The molecule has 1 fully saturated rings. The summed E-state index contributed by atoms with van der Waals surface area (Å²) in [6.45, 7) is 3.89. The zero-order chi connectivity index (χ0) is 17.9. The molecule has 2 aliphatic heterocycles. The monoisotopic (exact) mass is 357 g/mol. The van der Waals surface area contributed by atoms with Gasteiger partial charge in [-0.1, -0.05) is 0 Å². The van der Waals surface area contributed by atoms with E-state index in [4.69, 9.17) is 14.2 Å². The fourth-order valence-electron chi connectivity index (χ4n) is 3.46. The third-order valence-corrected chi connectivity index (χ3v) is 4.90. The lowest BCUT2D eigenvalue weighted by Crippen LogP contribution is -2.44. The molecule has 1 saturated heterocycles. The first-order valence-electron chi connectivity index (χ1n) is 8.83. The Balaban J connectivity index is 1.47. The molecular weight excluding hydrogens is 334 g/mol. The Labute approximate surface area is 152 Å². The summed E-state index contributed by atoms with van der Waals surface area (Å²) in [5.74, 6) is 1.18. The molecule has 26 heavy (non-hydrogen) atoms. The van der Waals surface area contributed by atoms with Crippen LogP contribution in [0, 0.1) is 0 Å². The maximum atomic E-state index is 12.6. The van der Waals surface area contributed by atoms with Gasteiger partial charge in [0.1, 0.15) is 0 Å². The summed E-state index contributed by atoms with van der Waals surface area (Å²) in [7, 11) is 2.03. The molecule has 0 aliphatic carbocycles. The van der Waals surface area contributed by atoms with Gasteiger partial charge in [-0.25, -0.2) is 0 Å². The number of nitrogens with zero attached hydrogens (tertiary/aromatic N) is 2. The molecule has 1 amide bonds. The van der Waals surface area contributed by atoms with Gasteiger partial charge in [-0.05, 0) is 30.3 Å². The van der Waals surface area contributed by atoms with Gasteiger partial charge in [0.05, 0.1) is 19.3 Å². The minimum atomic E-state index is -0.115. The number of aromatic nitrogens is 1. The van der Waals surface area contributed by atoms with Crippen molar-refractivity contribution < 1.29 is 19.0 Å². The average Bonchev–Trinajstić information content (AvgIpc) is 3.31. The molecule has 138 valence electrons. The first kappa shape index (κ1) is 16.9. The molecule has 0 radical (unpaired) electrons. The summed E-state index contributed by atoms with van der Waals surface area (Å²) in [5.41, 5.74) is 1.75. The van der Waals surface area contributed by atoms with Crippen molar-refractivity contribution in [1.82, 2.24) is 14.8 Å². The average molecular weight is 357 g/mol. The van der Waals surface area contributed by atoms with E-state index in [1.165, 1.54) is 5.69 Å². The van der Waals surface area contributed by atoms with Gasteiger partial charge in [-0.3, -0.25) is 9.69 Å². The van der Waals surface area contributed by atoms with E-state index in [-0.39, 0.29) is 18.7 Å². The lowest BCUT2D eigenvalue weighted by Gasteiger charge is -2.35. The molecule has 0 bridgehead atoms. The Kier molecular flexibility index (Phi) is 4.81. The largest absolute Gasteiger partial charge is 0.454 e.